The molecule has 3 atom stereocenters. The number of para-hydroxylation sites is 1. The maximum atomic E-state index is 5.82. The summed E-state index contributed by atoms with van der Waals surface area (Å²) in [5, 5.41) is 4.28. The molecule has 0 aliphatic heterocycles. The van der Waals surface area contributed by atoms with Gasteiger partial charge in [-0.1, -0.05) is 18.2 Å². The summed E-state index contributed by atoms with van der Waals surface area (Å²) in [4.78, 5) is 4.14. The Bertz CT molecular complexity index is 543. The Balaban J connectivity index is 1.69. The molecule has 0 amide bonds. The highest BCUT2D eigenvalue weighted by molar-refractivity contribution is 5.29. The number of hydrogen-bond donors (Lipinski definition) is 1. The van der Waals surface area contributed by atoms with Crippen LogP contribution in [0.4, 0.5) is 0 Å². The summed E-state index contributed by atoms with van der Waals surface area (Å²) < 4.78 is 12.6. The third-order valence-corrected chi connectivity index (χ3v) is 3.31. The van der Waals surface area contributed by atoms with Crippen LogP contribution in [0.5, 0.6) is 6.01 Å². The fraction of sp³-hybridized carbons (Fsp3) is 0.385. The van der Waals surface area contributed by atoms with Crippen LogP contribution in [0.15, 0.2) is 36.7 Å². The fourth-order valence-electron chi connectivity index (χ4n) is 2.20. The minimum absolute atomic E-state index is 0.0335. The largest absolute Gasteiger partial charge is 0.456 e. The third-order valence-electron chi connectivity index (χ3n) is 3.31. The van der Waals surface area contributed by atoms with E-state index in [2.05, 4.69) is 10.1 Å². The molecular weight excluding hydrogens is 244 g/mol. The zero-order valence-corrected chi connectivity index (χ0v) is 10.6. The molecule has 1 aliphatic carbocycles. The Hall–Kier alpha value is -1.92. The van der Waals surface area contributed by atoms with Gasteiger partial charge in [-0.25, -0.2) is 4.68 Å². The van der Waals surface area contributed by atoms with E-state index in [1.807, 2.05) is 30.3 Å². The second-order valence-corrected chi connectivity index (χ2v) is 4.56. The highest BCUT2D eigenvalue weighted by Crippen LogP contribution is 2.25. The number of methoxy groups -OCH3 is 1. The predicted octanol–water partition coefficient (Wildman–Crippen LogP) is 0.761. The summed E-state index contributed by atoms with van der Waals surface area (Å²) >= 11 is 0. The molecular formula is C13H16N4O2. The number of rotatable bonds is 4. The second-order valence-electron chi connectivity index (χ2n) is 4.56. The van der Waals surface area contributed by atoms with Gasteiger partial charge in [-0.3, -0.25) is 0 Å². The van der Waals surface area contributed by atoms with Crippen molar-refractivity contribution in [3.05, 3.63) is 36.7 Å². The van der Waals surface area contributed by atoms with Gasteiger partial charge in [-0.2, -0.15) is 4.98 Å². The Morgan fingerprint density at radius 1 is 1.32 bits per heavy atom. The van der Waals surface area contributed by atoms with Gasteiger partial charge in [0.2, 0.25) is 0 Å². The monoisotopic (exact) mass is 260 g/mol. The van der Waals surface area contributed by atoms with E-state index in [0.29, 0.717) is 6.01 Å². The highest BCUT2D eigenvalue weighted by atomic mass is 16.6. The molecule has 100 valence electrons. The Morgan fingerprint density at radius 2 is 2.11 bits per heavy atom. The summed E-state index contributed by atoms with van der Waals surface area (Å²) in [5.41, 5.74) is 6.77. The Kier molecular flexibility index (Phi) is 3.18. The standard InChI is InChI=1S/C13H16N4O2/c1-18-12-10(14)7-11(12)19-13-15-8-17(16-13)9-5-3-2-4-6-9/h2-6,8,10-12H,7,14H2,1H3. The molecule has 19 heavy (non-hydrogen) atoms. The van der Waals surface area contributed by atoms with Gasteiger partial charge in [-0.05, 0) is 12.1 Å². The minimum atomic E-state index is -0.0799. The van der Waals surface area contributed by atoms with Crippen molar-refractivity contribution < 1.29 is 9.47 Å². The summed E-state index contributed by atoms with van der Waals surface area (Å²) in [6, 6.07) is 10.1. The lowest BCUT2D eigenvalue weighted by atomic mass is 9.86. The van der Waals surface area contributed by atoms with E-state index in [9.17, 15) is 0 Å². The molecule has 0 spiro atoms. The van der Waals surface area contributed by atoms with Gasteiger partial charge in [0.15, 0.2) is 0 Å². The van der Waals surface area contributed by atoms with Crippen molar-refractivity contribution in [3.63, 3.8) is 0 Å². The van der Waals surface area contributed by atoms with Crippen molar-refractivity contribution in [3.8, 4) is 11.7 Å². The molecule has 2 N–H and O–H groups in total. The smallest absolute Gasteiger partial charge is 0.336 e. The lowest BCUT2D eigenvalue weighted by Crippen LogP contribution is -2.59. The number of nitrogens with zero attached hydrogens (tertiary/aromatic N) is 3. The average molecular weight is 260 g/mol. The van der Waals surface area contributed by atoms with Gasteiger partial charge in [0.25, 0.3) is 0 Å². The van der Waals surface area contributed by atoms with Crippen LogP contribution in [0.25, 0.3) is 5.69 Å². The van der Waals surface area contributed by atoms with Crippen LogP contribution in [0.3, 0.4) is 0 Å². The molecule has 1 aromatic carbocycles. The summed E-state index contributed by atoms with van der Waals surface area (Å²) in [5.74, 6) is 0. The summed E-state index contributed by atoms with van der Waals surface area (Å²) in [6.07, 6.45) is 2.25. The van der Waals surface area contributed by atoms with Crippen molar-refractivity contribution in [2.75, 3.05) is 7.11 Å². The van der Waals surface area contributed by atoms with E-state index >= 15 is 0 Å². The first kappa shape index (κ1) is 12.1. The molecule has 1 aliphatic rings. The topological polar surface area (TPSA) is 75.2 Å². The van der Waals surface area contributed by atoms with Gasteiger partial charge in [0.05, 0.1) is 5.69 Å². The predicted molar refractivity (Wildman–Crippen MR) is 69.2 cm³/mol. The molecule has 0 saturated heterocycles. The number of nitrogens with two attached hydrogens (primary N) is 1. The fourth-order valence-corrected chi connectivity index (χ4v) is 2.20. The van der Waals surface area contributed by atoms with Gasteiger partial charge >= 0.3 is 6.01 Å². The quantitative estimate of drug-likeness (QED) is 0.878. The Labute approximate surface area is 111 Å². The zero-order valence-electron chi connectivity index (χ0n) is 10.6. The molecule has 3 rings (SSSR count). The van der Waals surface area contributed by atoms with Crippen LogP contribution in [0.1, 0.15) is 6.42 Å². The molecule has 6 heteroatoms. The van der Waals surface area contributed by atoms with E-state index in [1.165, 1.54) is 0 Å². The number of hydrogen-bond acceptors (Lipinski definition) is 5. The van der Waals surface area contributed by atoms with Crippen LogP contribution in [-0.4, -0.2) is 40.1 Å². The van der Waals surface area contributed by atoms with Gasteiger partial charge in [-0.15, -0.1) is 5.10 Å². The molecule has 1 heterocycles. The normalized spacial score (nSPS) is 25.9. The van der Waals surface area contributed by atoms with Crippen molar-refractivity contribution in [2.24, 2.45) is 5.73 Å². The van der Waals surface area contributed by atoms with E-state index in [0.717, 1.165) is 12.1 Å². The van der Waals surface area contributed by atoms with Crippen LogP contribution in [0, 0.1) is 0 Å². The van der Waals surface area contributed by atoms with Crippen LogP contribution in [-0.2, 0) is 4.74 Å². The zero-order chi connectivity index (χ0) is 13.2. The Morgan fingerprint density at radius 3 is 2.79 bits per heavy atom. The minimum Gasteiger partial charge on any atom is -0.456 e. The lowest BCUT2D eigenvalue weighted by Gasteiger charge is -2.39. The maximum Gasteiger partial charge on any atom is 0.336 e. The first-order valence-electron chi connectivity index (χ1n) is 6.20. The molecule has 2 aromatic rings. The van der Waals surface area contributed by atoms with Crippen molar-refractivity contribution in [1.82, 2.24) is 14.8 Å². The lowest BCUT2D eigenvalue weighted by molar-refractivity contribution is -0.0813. The summed E-state index contributed by atoms with van der Waals surface area (Å²) in [7, 11) is 1.63. The molecule has 1 fully saturated rings. The number of aromatic nitrogens is 3. The van der Waals surface area contributed by atoms with E-state index < -0.39 is 0 Å². The number of benzene rings is 1. The first-order valence-corrected chi connectivity index (χ1v) is 6.20. The van der Waals surface area contributed by atoms with Crippen molar-refractivity contribution in [2.45, 2.75) is 24.7 Å². The van der Waals surface area contributed by atoms with Gasteiger partial charge < -0.3 is 15.2 Å². The SMILES string of the molecule is COC1C(N)CC1Oc1ncn(-c2ccccc2)n1. The molecule has 3 unspecified atom stereocenters. The molecule has 0 radical (unpaired) electrons. The van der Waals surface area contributed by atoms with E-state index in [1.54, 1.807) is 18.1 Å². The van der Waals surface area contributed by atoms with E-state index in [-0.39, 0.29) is 18.2 Å². The van der Waals surface area contributed by atoms with Crippen LogP contribution in [0.2, 0.25) is 0 Å². The molecule has 6 nitrogen and oxygen atoms in total. The van der Waals surface area contributed by atoms with Gasteiger partial charge in [0.1, 0.15) is 18.5 Å². The van der Waals surface area contributed by atoms with Gasteiger partial charge in [0, 0.05) is 19.6 Å². The highest BCUT2D eigenvalue weighted by Gasteiger charge is 2.41. The second kappa shape index (κ2) is 4.99. The van der Waals surface area contributed by atoms with Crippen LogP contribution < -0.4 is 10.5 Å². The van der Waals surface area contributed by atoms with Crippen LogP contribution >= 0.6 is 0 Å². The van der Waals surface area contributed by atoms with E-state index in [4.69, 9.17) is 15.2 Å². The first-order chi connectivity index (χ1) is 9.28. The summed E-state index contributed by atoms with van der Waals surface area (Å²) in [6.45, 7) is 0. The average Bonchev–Trinajstić information content (AvgIpc) is 2.88. The molecule has 0 bridgehead atoms. The molecule has 1 saturated carbocycles. The molecule has 1 aromatic heterocycles. The number of ether oxygens (including phenoxy) is 2. The van der Waals surface area contributed by atoms with Crippen molar-refractivity contribution in [1.29, 1.82) is 0 Å². The van der Waals surface area contributed by atoms with Crippen molar-refractivity contribution >= 4 is 0 Å². The maximum absolute atomic E-state index is 5.82. The third kappa shape index (κ3) is 2.32.